The van der Waals surface area contributed by atoms with Crippen LogP contribution in [0.1, 0.15) is 26.4 Å². The number of benzene rings is 2. The number of aromatic nitrogens is 2. The Labute approximate surface area is 199 Å². The standard InChI is InChI=1S/C25H20ClFN4O3/c1-15-22-19(14-21(28-23(22)34-29-15)16-5-3-2-4-6-16)25(33)31-11-9-30(10-12-31)24(32)18-8-7-17(27)13-20(18)26/h2-8,13-14H,9-12H2,1H3. The Morgan fingerprint density at radius 2 is 1.59 bits per heavy atom. The highest BCUT2D eigenvalue weighted by molar-refractivity contribution is 6.33. The van der Waals surface area contributed by atoms with E-state index >= 15 is 0 Å². The molecular formula is C25H20ClFN4O3. The molecule has 0 unspecified atom stereocenters. The van der Waals surface area contributed by atoms with Crippen molar-refractivity contribution in [2.45, 2.75) is 6.92 Å². The van der Waals surface area contributed by atoms with Gasteiger partial charge in [-0.25, -0.2) is 9.37 Å². The molecule has 0 spiro atoms. The van der Waals surface area contributed by atoms with E-state index < -0.39 is 5.82 Å². The molecule has 2 amide bonds. The first-order valence-electron chi connectivity index (χ1n) is 10.8. The number of aryl methyl sites for hydroxylation is 1. The zero-order valence-corrected chi connectivity index (χ0v) is 19.1. The van der Waals surface area contributed by atoms with Crippen LogP contribution in [0.25, 0.3) is 22.4 Å². The fourth-order valence-corrected chi connectivity index (χ4v) is 4.38. The van der Waals surface area contributed by atoms with Gasteiger partial charge in [-0.3, -0.25) is 9.59 Å². The summed E-state index contributed by atoms with van der Waals surface area (Å²) in [6.07, 6.45) is 0. The number of carbonyl (C=O) groups is 2. The van der Waals surface area contributed by atoms with Gasteiger partial charge in [0.15, 0.2) is 0 Å². The van der Waals surface area contributed by atoms with E-state index in [4.69, 9.17) is 16.1 Å². The monoisotopic (exact) mass is 478 g/mol. The molecule has 0 N–H and O–H groups in total. The average molecular weight is 479 g/mol. The third kappa shape index (κ3) is 4.01. The first-order valence-corrected chi connectivity index (χ1v) is 11.2. The summed E-state index contributed by atoms with van der Waals surface area (Å²) in [4.78, 5) is 34.3. The van der Waals surface area contributed by atoms with Crippen molar-refractivity contribution in [2.24, 2.45) is 0 Å². The van der Waals surface area contributed by atoms with E-state index in [0.29, 0.717) is 54.2 Å². The Morgan fingerprint density at radius 1 is 0.941 bits per heavy atom. The zero-order chi connectivity index (χ0) is 23.8. The summed E-state index contributed by atoms with van der Waals surface area (Å²) in [5.74, 6) is -0.966. The van der Waals surface area contributed by atoms with Gasteiger partial charge in [0.2, 0.25) is 0 Å². The molecule has 7 nitrogen and oxygen atoms in total. The molecule has 0 atom stereocenters. The Morgan fingerprint density at radius 3 is 2.24 bits per heavy atom. The number of rotatable bonds is 3. The fraction of sp³-hybridized carbons (Fsp3) is 0.200. The third-order valence-electron chi connectivity index (χ3n) is 5.93. The number of piperazine rings is 1. The summed E-state index contributed by atoms with van der Waals surface area (Å²) in [7, 11) is 0. The van der Waals surface area contributed by atoms with Crippen molar-refractivity contribution < 1.29 is 18.5 Å². The molecule has 0 bridgehead atoms. The van der Waals surface area contributed by atoms with Gasteiger partial charge in [-0.1, -0.05) is 47.1 Å². The minimum absolute atomic E-state index is 0.0686. The van der Waals surface area contributed by atoms with Crippen molar-refractivity contribution in [3.05, 3.63) is 82.3 Å². The number of amides is 2. The van der Waals surface area contributed by atoms with Crippen LogP contribution in [-0.2, 0) is 0 Å². The molecular weight excluding hydrogens is 459 g/mol. The maximum Gasteiger partial charge on any atom is 0.259 e. The minimum atomic E-state index is -0.500. The highest BCUT2D eigenvalue weighted by Gasteiger charge is 2.29. The van der Waals surface area contributed by atoms with Crippen molar-refractivity contribution >= 4 is 34.5 Å². The number of hydrogen-bond acceptors (Lipinski definition) is 5. The van der Waals surface area contributed by atoms with E-state index in [-0.39, 0.29) is 22.4 Å². The van der Waals surface area contributed by atoms with E-state index in [2.05, 4.69) is 10.1 Å². The molecule has 3 heterocycles. The van der Waals surface area contributed by atoms with Gasteiger partial charge in [-0.05, 0) is 31.2 Å². The van der Waals surface area contributed by atoms with Crippen LogP contribution >= 0.6 is 11.6 Å². The van der Waals surface area contributed by atoms with Gasteiger partial charge in [-0.15, -0.1) is 0 Å². The SMILES string of the molecule is Cc1noc2nc(-c3ccccc3)cc(C(=O)N3CCN(C(=O)c4ccc(F)cc4Cl)CC3)c12. The fourth-order valence-electron chi connectivity index (χ4n) is 4.14. The normalized spacial score (nSPS) is 14.0. The number of hydrogen-bond donors (Lipinski definition) is 0. The molecule has 2 aromatic heterocycles. The van der Waals surface area contributed by atoms with Crippen molar-refractivity contribution in [3.8, 4) is 11.3 Å². The van der Waals surface area contributed by atoms with Crippen LogP contribution in [0.4, 0.5) is 4.39 Å². The molecule has 34 heavy (non-hydrogen) atoms. The van der Waals surface area contributed by atoms with Crippen LogP contribution in [-0.4, -0.2) is 57.9 Å². The number of fused-ring (bicyclic) bond motifs is 1. The molecule has 4 aromatic rings. The smallest absolute Gasteiger partial charge is 0.259 e. The number of pyridine rings is 1. The Bertz CT molecular complexity index is 1400. The van der Waals surface area contributed by atoms with E-state index in [9.17, 15) is 14.0 Å². The lowest BCUT2D eigenvalue weighted by atomic mass is 10.0. The summed E-state index contributed by atoms with van der Waals surface area (Å²) in [6.45, 7) is 3.13. The van der Waals surface area contributed by atoms with Crippen molar-refractivity contribution in [3.63, 3.8) is 0 Å². The van der Waals surface area contributed by atoms with E-state index in [1.165, 1.54) is 12.1 Å². The molecule has 0 radical (unpaired) electrons. The summed E-state index contributed by atoms with van der Waals surface area (Å²) in [6, 6.07) is 15.0. The molecule has 0 saturated carbocycles. The van der Waals surface area contributed by atoms with Crippen LogP contribution in [0.15, 0.2) is 59.1 Å². The van der Waals surface area contributed by atoms with Gasteiger partial charge in [0.05, 0.1) is 32.9 Å². The first kappa shape index (κ1) is 22.0. The van der Waals surface area contributed by atoms with Gasteiger partial charge < -0.3 is 14.3 Å². The van der Waals surface area contributed by atoms with Crippen molar-refractivity contribution in [1.29, 1.82) is 0 Å². The van der Waals surface area contributed by atoms with Crippen LogP contribution < -0.4 is 0 Å². The maximum atomic E-state index is 13.5. The topological polar surface area (TPSA) is 79.5 Å². The zero-order valence-electron chi connectivity index (χ0n) is 18.3. The molecule has 5 rings (SSSR count). The molecule has 1 aliphatic heterocycles. The third-order valence-corrected chi connectivity index (χ3v) is 6.25. The average Bonchev–Trinajstić information content (AvgIpc) is 3.24. The molecule has 1 saturated heterocycles. The highest BCUT2D eigenvalue weighted by Crippen LogP contribution is 2.28. The molecule has 172 valence electrons. The largest absolute Gasteiger partial charge is 0.335 e. The Kier molecular flexibility index (Phi) is 5.75. The van der Waals surface area contributed by atoms with Gasteiger partial charge in [0, 0.05) is 31.7 Å². The number of carbonyl (C=O) groups excluding carboxylic acids is 2. The van der Waals surface area contributed by atoms with Crippen molar-refractivity contribution in [1.82, 2.24) is 19.9 Å². The minimum Gasteiger partial charge on any atom is -0.335 e. The quantitative estimate of drug-likeness (QED) is 0.430. The summed E-state index contributed by atoms with van der Waals surface area (Å²) < 4.78 is 18.7. The number of halogens is 2. The van der Waals surface area contributed by atoms with Crippen LogP contribution in [0.2, 0.25) is 5.02 Å². The molecule has 1 fully saturated rings. The highest BCUT2D eigenvalue weighted by atomic mass is 35.5. The van der Waals surface area contributed by atoms with E-state index in [0.717, 1.165) is 11.6 Å². The molecule has 9 heteroatoms. The maximum absolute atomic E-state index is 13.5. The molecule has 2 aromatic carbocycles. The lowest BCUT2D eigenvalue weighted by Gasteiger charge is -2.35. The lowest BCUT2D eigenvalue weighted by Crippen LogP contribution is -2.50. The van der Waals surface area contributed by atoms with Crippen LogP contribution in [0.3, 0.4) is 0 Å². The van der Waals surface area contributed by atoms with Gasteiger partial charge in [0.1, 0.15) is 5.82 Å². The van der Waals surface area contributed by atoms with E-state index in [1.54, 1.807) is 22.8 Å². The van der Waals surface area contributed by atoms with Gasteiger partial charge >= 0.3 is 0 Å². The summed E-state index contributed by atoms with van der Waals surface area (Å²) in [5, 5.41) is 4.65. The second-order valence-corrected chi connectivity index (χ2v) is 8.48. The first-order chi connectivity index (χ1) is 16.4. The van der Waals surface area contributed by atoms with Gasteiger partial charge in [-0.2, -0.15) is 0 Å². The summed E-state index contributed by atoms with van der Waals surface area (Å²) >= 11 is 6.05. The molecule has 1 aliphatic rings. The van der Waals surface area contributed by atoms with E-state index in [1.807, 2.05) is 30.3 Å². The Balaban J connectivity index is 1.39. The van der Waals surface area contributed by atoms with Crippen LogP contribution in [0, 0.1) is 12.7 Å². The van der Waals surface area contributed by atoms with Crippen LogP contribution in [0.5, 0.6) is 0 Å². The van der Waals surface area contributed by atoms with Crippen molar-refractivity contribution in [2.75, 3.05) is 26.2 Å². The predicted molar refractivity (Wildman–Crippen MR) is 125 cm³/mol. The second kappa shape index (κ2) is 8.87. The molecule has 0 aliphatic carbocycles. The predicted octanol–water partition coefficient (Wildman–Crippen LogP) is 4.59. The second-order valence-electron chi connectivity index (χ2n) is 8.08. The lowest BCUT2D eigenvalue weighted by molar-refractivity contribution is 0.0536. The number of nitrogens with zero attached hydrogens (tertiary/aromatic N) is 4. The van der Waals surface area contributed by atoms with Gasteiger partial charge in [0.25, 0.3) is 17.5 Å². The summed E-state index contributed by atoms with van der Waals surface area (Å²) in [5.41, 5.74) is 3.08. The Hall–Kier alpha value is -3.78.